The van der Waals surface area contributed by atoms with Gasteiger partial charge in [0.05, 0.1) is 12.2 Å². The van der Waals surface area contributed by atoms with Crippen molar-refractivity contribution in [3.8, 4) is 0 Å². The minimum Gasteiger partial charge on any atom is -0.550 e. The van der Waals surface area contributed by atoms with Crippen molar-refractivity contribution >= 4 is 33.8 Å². The summed E-state index contributed by atoms with van der Waals surface area (Å²) in [5.41, 5.74) is 1.23. The molecule has 0 N–H and O–H groups in total. The van der Waals surface area contributed by atoms with Crippen LogP contribution < -0.4 is 10.0 Å². The Bertz CT molecular complexity index is 769. The summed E-state index contributed by atoms with van der Waals surface area (Å²) in [6.07, 6.45) is 6.49. The minimum atomic E-state index is -1.000. The van der Waals surface area contributed by atoms with Gasteiger partial charge in [-0.15, -0.1) is 22.7 Å². The van der Waals surface area contributed by atoms with Crippen LogP contribution in [-0.4, -0.2) is 17.5 Å². The largest absolute Gasteiger partial charge is 0.550 e. The minimum absolute atomic E-state index is 0.0368. The van der Waals surface area contributed by atoms with E-state index in [0.29, 0.717) is 12.5 Å². The van der Waals surface area contributed by atoms with Gasteiger partial charge < -0.3 is 14.8 Å². The second-order valence-corrected chi connectivity index (χ2v) is 9.69. The van der Waals surface area contributed by atoms with Gasteiger partial charge in [-0.1, -0.05) is 13.3 Å². The number of carbonyl (C=O) groups is 1. The third-order valence-electron chi connectivity index (χ3n) is 5.90. The molecule has 2 aliphatic rings. The van der Waals surface area contributed by atoms with Crippen molar-refractivity contribution in [2.24, 2.45) is 11.8 Å². The van der Waals surface area contributed by atoms with Gasteiger partial charge >= 0.3 is 0 Å². The molecule has 0 aromatic carbocycles. The zero-order chi connectivity index (χ0) is 18.1. The number of thiazole rings is 1. The molecule has 4 rings (SSSR count). The molecule has 26 heavy (non-hydrogen) atoms. The first-order chi connectivity index (χ1) is 12.6. The molecule has 2 heterocycles. The van der Waals surface area contributed by atoms with Crippen LogP contribution in [0.3, 0.4) is 0 Å². The lowest BCUT2D eigenvalue weighted by Crippen LogP contribution is -2.30. The molecule has 4 nitrogen and oxygen atoms in total. The summed E-state index contributed by atoms with van der Waals surface area (Å²) in [6.45, 7) is 3.33. The molecule has 140 valence electrons. The van der Waals surface area contributed by atoms with Crippen molar-refractivity contribution in [1.82, 2.24) is 4.98 Å². The van der Waals surface area contributed by atoms with E-state index >= 15 is 0 Å². The second kappa shape index (κ2) is 7.69. The predicted molar refractivity (Wildman–Crippen MR) is 105 cm³/mol. The Labute approximate surface area is 162 Å². The van der Waals surface area contributed by atoms with E-state index in [4.69, 9.17) is 4.98 Å². The smallest absolute Gasteiger partial charge is 0.185 e. The molecular formula is C20H25N2O2S2-. The third kappa shape index (κ3) is 3.81. The van der Waals surface area contributed by atoms with Gasteiger partial charge in [-0.05, 0) is 49.7 Å². The van der Waals surface area contributed by atoms with Crippen molar-refractivity contribution in [3.63, 3.8) is 0 Å². The molecule has 2 aliphatic carbocycles. The first-order valence-electron chi connectivity index (χ1n) is 9.60. The van der Waals surface area contributed by atoms with Crippen LogP contribution in [-0.2, 0) is 17.8 Å². The van der Waals surface area contributed by atoms with Crippen molar-refractivity contribution in [2.45, 2.75) is 57.9 Å². The van der Waals surface area contributed by atoms with Gasteiger partial charge in [0.25, 0.3) is 0 Å². The van der Waals surface area contributed by atoms with Crippen LogP contribution >= 0.6 is 22.7 Å². The van der Waals surface area contributed by atoms with E-state index < -0.39 is 5.97 Å². The number of hydrogen-bond donors (Lipinski definition) is 0. The van der Waals surface area contributed by atoms with Crippen LogP contribution in [0.2, 0.25) is 0 Å². The Morgan fingerprint density at radius 3 is 2.81 bits per heavy atom. The van der Waals surface area contributed by atoms with Crippen LogP contribution in [0.15, 0.2) is 17.5 Å². The third-order valence-corrected chi connectivity index (χ3v) is 8.03. The summed E-state index contributed by atoms with van der Waals surface area (Å²) in [7, 11) is 0. The number of fused-ring (bicyclic) bond motifs is 2. The van der Waals surface area contributed by atoms with Gasteiger partial charge in [-0.25, -0.2) is 4.98 Å². The van der Waals surface area contributed by atoms with E-state index in [2.05, 4.69) is 29.3 Å². The summed E-state index contributed by atoms with van der Waals surface area (Å²) in [5, 5.41) is 14.1. The molecular weight excluding hydrogens is 364 g/mol. The Hall–Kier alpha value is -1.40. The fourth-order valence-electron chi connectivity index (χ4n) is 4.55. The fraction of sp³-hybridized carbons (Fsp3) is 0.600. The van der Waals surface area contributed by atoms with Gasteiger partial charge in [0.2, 0.25) is 0 Å². The highest BCUT2D eigenvalue weighted by atomic mass is 32.1. The molecule has 0 amide bonds. The van der Waals surface area contributed by atoms with E-state index in [0.717, 1.165) is 29.9 Å². The molecule has 2 saturated carbocycles. The first kappa shape index (κ1) is 18.0. The number of anilines is 1. The van der Waals surface area contributed by atoms with Crippen molar-refractivity contribution in [1.29, 1.82) is 0 Å². The molecule has 0 radical (unpaired) electrons. The van der Waals surface area contributed by atoms with Crippen molar-refractivity contribution in [2.75, 3.05) is 11.4 Å². The first-order valence-corrected chi connectivity index (χ1v) is 11.3. The lowest BCUT2D eigenvalue weighted by Gasteiger charge is -2.22. The number of rotatable bonds is 8. The zero-order valence-electron chi connectivity index (χ0n) is 15.1. The second-order valence-electron chi connectivity index (χ2n) is 7.60. The van der Waals surface area contributed by atoms with Crippen molar-refractivity contribution in [3.05, 3.63) is 33.0 Å². The number of hydrogen-bond acceptors (Lipinski definition) is 6. The highest BCUT2D eigenvalue weighted by Gasteiger charge is 2.41. The number of carboxylic acid groups (broad SMARTS) is 1. The standard InChI is InChI=1S/C20H26N2O2S2/c1-2-15-5-6-16(26-15)11-22(8-7-19(23)24)20-21-18(12-25-20)17-10-13-3-4-14(17)9-13/h5-6,12-14,17H,2-4,7-11H2,1H3,(H,23,24)/p-1. The molecule has 0 aliphatic heterocycles. The summed E-state index contributed by atoms with van der Waals surface area (Å²) in [6, 6.07) is 4.32. The van der Waals surface area contributed by atoms with Gasteiger partial charge in [-0.3, -0.25) is 0 Å². The highest BCUT2D eigenvalue weighted by molar-refractivity contribution is 7.14. The predicted octanol–water partition coefficient (Wildman–Crippen LogP) is 3.82. The van der Waals surface area contributed by atoms with E-state index in [1.165, 1.54) is 41.1 Å². The maximum Gasteiger partial charge on any atom is 0.185 e. The average molecular weight is 390 g/mol. The molecule has 3 unspecified atom stereocenters. The molecule has 0 spiro atoms. The van der Waals surface area contributed by atoms with Crippen LogP contribution in [0, 0.1) is 11.8 Å². The lowest BCUT2D eigenvalue weighted by molar-refractivity contribution is -0.305. The Kier molecular flexibility index (Phi) is 5.32. The normalized spacial score (nSPS) is 24.3. The van der Waals surface area contributed by atoms with Crippen molar-refractivity contribution < 1.29 is 9.90 Å². The number of aryl methyl sites for hydroxylation is 1. The zero-order valence-corrected chi connectivity index (χ0v) is 16.8. The summed E-state index contributed by atoms with van der Waals surface area (Å²) < 4.78 is 0. The maximum atomic E-state index is 11.0. The summed E-state index contributed by atoms with van der Waals surface area (Å²) in [4.78, 5) is 20.7. The molecule has 2 aromatic heterocycles. The molecule has 3 atom stereocenters. The number of aromatic nitrogens is 1. The van der Waals surface area contributed by atoms with E-state index in [-0.39, 0.29) is 6.42 Å². The molecule has 2 fully saturated rings. The van der Waals surface area contributed by atoms with Gasteiger partial charge in [0.15, 0.2) is 5.13 Å². The molecule has 6 heteroatoms. The molecule has 2 aromatic rings. The summed E-state index contributed by atoms with van der Waals surface area (Å²) in [5.74, 6) is 1.34. The van der Waals surface area contributed by atoms with Crippen LogP contribution in [0.4, 0.5) is 5.13 Å². The SMILES string of the molecule is CCc1ccc(CN(CCC(=O)[O-])c2nc(C3CC4CCC3C4)cs2)s1. The Morgan fingerprint density at radius 1 is 1.31 bits per heavy atom. The number of carbonyl (C=O) groups excluding carboxylic acids is 1. The molecule has 0 saturated heterocycles. The lowest BCUT2D eigenvalue weighted by atomic mass is 9.87. The van der Waals surface area contributed by atoms with Gasteiger partial charge in [0.1, 0.15) is 0 Å². The van der Waals surface area contributed by atoms with Gasteiger partial charge in [-0.2, -0.15) is 0 Å². The monoisotopic (exact) mass is 389 g/mol. The van der Waals surface area contributed by atoms with Crippen LogP contribution in [0.1, 0.15) is 60.4 Å². The Balaban J connectivity index is 1.50. The van der Waals surface area contributed by atoms with Crippen LogP contribution in [0.25, 0.3) is 0 Å². The van der Waals surface area contributed by atoms with E-state index in [9.17, 15) is 9.90 Å². The quantitative estimate of drug-likeness (QED) is 0.689. The van der Waals surface area contributed by atoms with Gasteiger partial charge in [0, 0.05) is 40.0 Å². The average Bonchev–Trinajstić information content (AvgIpc) is 3.42. The molecule has 2 bridgehead atoms. The van der Waals surface area contributed by atoms with E-state index in [1.807, 2.05) is 0 Å². The number of aliphatic carboxylic acids is 1. The number of nitrogens with zero attached hydrogens (tertiary/aromatic N) is 2. The summed E-state index contributed by atoms with van der Waals surface area (Å²) >= 11 is 3.47. The van der Waals surface area contributed by atoms with Crippen LogP contribution in [0.5, 0.6) is 0 Å². The number of thiophene rings is 1. The number of carboxylic acids is 1. The van der Waals surface area contributed by atoms with E-state index in [1.54, 1.807) is 22.7 Å². The fourth-order valence-corrected chi connectivity index (χ4v) is 6.44. The highest BCUT2D eigenvalue weighted by Crippen LogP contribution is 2.53. The topological polar surface area (TPSA) is 56.3 Å². The maximum absolute atomic E-state index is 11.0. The Morgan fingerprint density at radius 2 is 2.15 bits per heavy atom.